The number of carbonyl (C=O) groups is 2. The van der Waals surface area contributed by atoms with Gasteiger partial charge < -0.3 is 10.1 Å². The molecule has 0 spiro atoms. The van der Waals surface area contributed by atoms with Crippen molar-refractivity contribution in [3.05, 3.63) is 81.5 Å². The molecule has 1 aliphatic rings. The highest BCUT2D eigenvalue weighted by atomic mass is 35.5. The van der Waals surface area contributed by atoms with Gasteiger partial charge >= 0.3 is 0 Å². The third-order valence-electron chi connectivity index (χ3n) is 4.40. The second-order valence-electron chi connectivity index (χ2n) is 6.31. The number of pyridine rings is 1. The van der Waals surface area contributed by atoms with E-state index >= 15 is 0 Å². The van der Waals surface area contributed by atoms with Crippen LogP contribution in [0.1, 0.15) is 32.7 Å². The highest BCUT2D eigenvalue weighted by Gasteiger charge is 2.20. The highest BCUT2D eigenvalue weighted by Crippen LogP contribution is 2.29. The number of nitrogens with zero attached hydrogens (tertiary/aromatic N) is 1. The molecule has 0 radical (unpaired) electrons. The van der Waals surface area contributed by atoms with E-state index in [0.717, 1.165) is 12.0 Å². The van der Waals surface area contributed by atoms with Gasteiger partial charge in [0.1, 0.15) is 5.75 Å². The normalized spacial score (nSPS) is 12.6. The van der Waals surface area contributed by atoms with Gasteiger partial charge in [-0.25, -0.2) is 4.98 Å². The Morgan fingerprint density at radius 1 is 1.00 bits per heavy atom. The van der Waals surface area contributed by atoms with Crippen LogP contribution in [0, 0.1) is 0 Å². The molecule has 0 aliphatic heterocycles. The largest absolute Gasteiger partial charge is 0.439 e. The number of rotatable bonds is 4. The van der Waals surface area contributed by atoms with Gasteiger partial charge in [0.25, 0.3) is 5.91 Å². The van der Waals surface area contributed by atoms with Gasteiger partial charge in [-0.1, -0.05) is 29.3 Å². The molecule has 1 amide bonds. The third-order valence-corrected chi connectivity index (χ3v) is 5.14. The Labute approximate surface area is 171 Å². The maximum Gasteiger partial charge on any atom is 0.255 e. The summed E-state index contributed by atoms with van der Waals surface area (Å²) < 4.78 is 5.72. The summed E-state index contributed by atoms with van der Waals surface area (Å²) in [5.41, 5.74) is 2.65. The Kier molecular flexibility index (Phi) is 5.03. The summed E-state index contributed by atoms with van der Waals surface area (Å²) in [7, 11) is 0. The Morgan fingerprint density at radius 3 is 2.61 bits per heavy atom. The summed E-state index contributed by atoms with van der Waals surface area (Å²) in [6.45, 7) is 0. The van der Waals surface area contributed by atoms with Crippen molar-refractivity contribution in [2.45, 2.75) is 12.8 Å². The number of halogens is 2. The first-order valence-electron chi connectivity index (χ1n) is 8.56. The molecular formula is C21H14Cl2N2O3. The van der Waals surface area contributed by atoms with E-state index < -0.39 is 0 Å². The number of anilines is 1. The smallest absolute Gasteiger partial charge is 0.255 e. The maximum atomic E-state index is 12.3. The van der Waals surface area contributed by atoms with E-state index in [4.69, 9.17) is 27.9 Å². The van der Waals surface area contributed by atoms with Crippen LogP contribution in [0.5, 0.6) is 11.6 Å². The predicted molar refractivity (Wildman–Crippen MR) is 108 cm³/mol. The number of ketones is 1. The molecular weight excluding hydrogens is 399 g/mol. The Morgan fingerprint density at radius 2 is 1.86 bits per heavy atom. The van der Waals surface area contributed by atoms with E-state index in [0.29, 0.717) is 44.9 Å². The summed E-state index contributed by atoms with van der Waals surface area (Å²) in [6.07, 6.45) is 2.81. The third kappa shape index (κ3) is 3.86. The number of fused-ring (bicyclic) bond motifs is 1. The molecule has 4 rings (SSSR count). The van der Waals surface area contributed by atoms with Crippen LogP contribution >= 0.6 is 23.2 Å². The predicted octanol–water partition coefficient (Wildman–Crippen LogP) is 5.56. The quantitative estimate of drug-likeness (QED) is 0.608. The van der Waals surface area contributed by atoms with Crippen molar-refractivity contribution in [1.82, 2.24) is 4.98 Å². The van der Waals surface area contributed by atoms with Crippen molar-refractivity contribution in [3.8, 4) is 11.6 Å². The topological polar surface area (TPSA) is 68.3 Å². The average Bonchev–Trinajstić information content (AvgIpc) is 3.06. The lowest BCUT2D eigenvalue weighted by Crippen LogP contribution is -2.12. The first-order chi connectivity index (χ1) is 13.5. The fraction of sp³-hybridized carbons (Fsp3) is 0.0952. The zero-order valence-corrected chi connectivity index (χ0v) is 16.1. The number of Topliss-reactive ketones (excluding diaryl/α,β-unsaturated/α-hetero) is 1. The van der Waals surface area contributed by atoms with Crippen LogP contribution < -0.4 is 10.1 Å². The number of ether oxygens (including phenoxy) is 1. The van der Waals surface area contributed by atoms with Gasteiger partial charge in [-0.15, -0.1) is 0 Å². The molecule has 1 aliphatic carbocycles. The SMILES string of the molecule is O=C(Nc1ccc(Oc2ccc3c(c2)C(=O)CC3)nc1)c1ccc(Cl)c(Cl)c1. The number of hydrogen-bond acceptors (Lipinski definition) is 4. The molecule has 1 N–H and O–H groups in total. The van der Waals surface area contributed by atoms with Gasteiger partial charge in [-0.05, 0) is 48.4 Å². The number of hydrogen-bond donors (Lipinski definition) is 1. The second kappa shape index (κ2) is 7.62. The molecule has 0 unspecified atom stereocenters. The van der Waals surface area contributed by atoms with Crippen LogP contribution in [0.15, 0.2) is 54.7 Å². The number of amides is 1. The van der Waals surface area contributed by atoms with Crippen LogP contribution in [0.4, 0.5) is 5.69 Å². The minimum absolute atomic E-state index is 0.133. The number of aryl methyl sites for hydroxylation is 1. The number of aromatic nitrogens is 1. The Hall–Kier alpha value is -2.89. The van der Waals surface area contributed by atoms with Gasteiger partial charge in [0.15, 0.2) is 5.78 Å². The summed E-state index contributed by atoms with van der Waals surface area (Å²) in [5.74, 6) is 0.715. The molecule has 28 heavy (non-hydrogen) atoms. The summed E-state index contributed by atoms with van der Waals surface area (Å²) >= 11 is 11.8. The fourth-order valence-corrected chi connectivity index (χ4v) is 3.25. The molecule has 7 heteroatoms. The minimum atomic E-state index is -0.328. The van der Waals surface area contributed by atoms with Gasteiger partial charge in [0, 0.05) is 23.6 Å². The Bertz CT molecular complexity index is 1080. The van der Waals surface area contributed by atoms with Gasteiger partial charge in [0.2, 0.25) is 5.88 Å². The molecule has 1 aromatic heterocycles. The van der Waals surface area contributed by atoms with Crippen molar-refractivity contribution in [2.24, 2.45) is 0 Å². The van der Waals surface area contributed by atoms with Crippen molar-refractivity contribution in [3.63, 3.8) is 0 Å². The zero-order chi connectivity index (χ0) is 19.7. The van der Waals surface area contributed by atoms with E-state index in [1.165, 1.54) is 12.3 Å². The number of carbonyl (C=O) groups excluding carboxylic acids is 2. The van der Waals surface area contributed by atoms with Crippen LogP contribution in [0.3, 0.4) is 0 Å². The van der Waals surface area contributed by atoms with Crippen molar-refractivity contribution in [1.29, 1.82) is 0 Å². The molecule has 1 heterocycles. The summed E-state index contributed by atoms with van der Waals surface area (Å²) in [5, 5.41) is 3.43. The first kappa shape index (κ1) is 18.5. The first-order valence-corrected chi connectivity index (χ1v) is 9.31. The highest BCUT2D eigenvalue weighted by molar-refractivity contribution is 6.42. The van der Waals surface area contributed by atoms with Crippen molar-refractivity contribution < 1.29 is 14.3 Å². The molecule has 5 nitrogen and oxygen atoms in total. The molecule has 3 aromatic rings. The molecule has 0 saturated carbocycles. The van der Waals surface area contributed by atoms with Crippen molar-refractivity contribution >= 4 is 40.6 Å². The van der Waals surface area contributed by atoms with E-state index in [1.807, 2.05) is 12.1 Å². The van der Waals surface area contributed by atoms with E-state index in [1.54, 1.807) is 30.3 Å². The van der Waals surface area contributed by atoms with Crippen LogP contribution in [0.25, 0.3) is 0 Å². The molecule has 0 fully saturated rings. The Balaban J connectivity index is 1.44. The number of nitrogens with one attached hydrogen (secondary N) is 1. The summed E-state index contributed by atoms with van der Waals surface area (Å²) in [6, 6.07) is 13.4. The van der Waals surface area contributed by atoms with E-state index in [-0.39, 0.29) is 11.7 Å². The molecule has 0 saturated heterocycles. The monoisotopic (exact) mass is 412 g/mol. The fourth-order valence-electron chi connectivity index (χ4n) is 2.96. The molecule has 0 bridgehead atoms. The lowest BCUT2D eigenvalue weighted by Gasteiger charge is -2.09. The summed E-state index contributed by atoms with van der Waals surface area (Å²) in [4.78, 5) is 28.3. The zero-order valence-electron chi connectivity index (χ0n) is 14.5. The number of benzene rings is 2. The second-order valence-corrected chi connectivity index (χ2v) is 7.13. The lowest BCUT2D eigenvalue weighted by molar-refractivity contribution is 0.0992. The molecule has 2 aromatic carbocycles. The minimum Gasteiger partial charge on any atom is -0.439 e. The van der Waals surface area contributed by atoms with Crippen LogP contribution in [0.2, 0.25) is 10.0 Å². The molecule has 140 valence electrons. The van der Waals surface area contributed by atoms with E-state index in [2.05, 4.69) is 10.3 Å². The van der Waals surface area contributed by atoms with E-state index in [9.17, 15) is 9.59 Å². The van der Waals surface area contributed by atoms with Gasteiger partial charge in [-0.3, -0.25) is 9.59 Å². The standard InChI is InChI=1S/C21H14Cl2N2O3/c22-17-6-2-13(9-18(17)23)21(27)25-14-4-8-20(24-11-14)28-15-5-1-12-3-7-19(26)16(12)10-15/h1-2,4-6,8-11H,3,7H2,(H,25,27). The van der Waals surface area contributed by atoms with Gasteiger partial charge in [-0.2, -0.15) is 0 Å². The van der Waals surface area contributed by atoms with Crippen LogP contribution in [-0.4, -0.2) is 16.7 Å². The lowest BCUT2D eigenvalue weighted by atomic mass is 10.1. The van der Waals surface area contributed by atoms with Crippen molar-refractivity contribution in [2.75, 3.05) is 5.32 Å². The average molecular weight is 413 g/mol. The maximum absolute atomic E-state index is 12.3. The van der Waals surface area contributed by atoms with Gasteiger partial charge in [0.05, 0.1) is 21.9 Å². The molecule has 0 atom stereocenters. The van der Waals surface area contributed by atoms with Crippen LogP contribution in [-0.2, 0) is 6.42 Å².